The van der Waals surface area contributed by atoms with Crippen molar-refractivity contribution in [3.05, 3.63) is 59.7 Å². The van der Waals surface area contributed by atoms with Gasteiger partial charge in [-0.15, -0.1) is 0 Å². The number of benzene rings is 2. The molecule has 0 atom stereocenters. The third kappa shape index (κ3) is 4.96. The van der Waals surface area contributed by atoms with Crippen molar-refractivity contribution < 1.29 is 14.3 Å². The highest BCUT2D eigenvalue weighted by atomic mass is 16.5. The second kappa shape index (κ2) is 9.90. The fourth-order valence-corrected chi connectivity index (χ4v) is 4.09. The van der Waals surface area contributed by atoms with Gasteiger partial charge in [-0.3, -0.25) is 4.79 Å². The number of para-hydroxylation sites is 1. The normalized spacial score (nSPS) is 14.0. The third-order valence-corrected chi connectivity index (χ3v) is 6.00. The van der Waals surface area contributed by atoms with Crippen LogP contribution in [0.2, 0.25) is 0 Å². The van der Waals surface area contributed by atoms with E-state index in [0.717, 1.165) is 47.7 Å². The fourth-order valence-electron chi connectivity index (χ4n) is 4.09. The Hall–Kier alpha value is -3.28. The molecule has 6 heteroatoms. The molecule has 1 fully saturated rings. The van der Waals surface area contributed by atoms with Gasteiger partial charge in [0.15, 0.2) is 0 Å². The van der Waals surface area contributed by atoms with Crippen molar-refractivity contribution >= 4 is 22.6 Å². The van der Waals surface area contributed by atoms with Gasteiger partial charge in [0, 0.05) is 38.0 Å². The van der Waals surface area contributed by atoms with Crippen LogP contribution in [0.4, 0.5) is 5.82 Å². The first kappa shape index (κ1) is 21.9. The third-order valence-electron chi connectivity index (χ3n) is 6.00. The lowest BCUT2D eigenvalue weighted by Crippen LogP contribution is -2.49. The van der Waals surface area contributed by atoms with Crippen LogP contribution in [0, 0.1) is 13.8 Å². The summed E-state index contributed by atoms with van der Waals surface area (Å²) in [7, 11) is 1.68. The molecule has 1 amide bonds. The number of hydrogen-bond acceptors (Lipinski definition) is 5. The van der Waals surface area contributed by atoms with Crippen LogP contribution in [0.15, 0.2) is 48.5 Å². The molecule has 0 saturated carbocycles. The Kier molecular flexibility index (Phi) is 6.78. The molecule has 2 heterocycles. The van der Waals surface area contributed by atoms with Gasteiger partial charge in [-0.1, -0.05) is 29.8 Å². The van der Waals surface area contributed by atoms with Crippen LogP contribution < -0.4 is 14.4 Å². The molecule has 1 aliphatic rings. The van der Waals surface area contributed by atoms with Crippen molar-refractivity contribution in [2.24, 2.45) is 0 Å². The van der Waals surface area contributed by atoms with Crippen LogP contribution in [-0.4, -0.2) is 55.7 Å². The van der Waals surface area contributed by atoms with Crippen molar-refractivity contribution in [2.45, 2.75) is 26.7 Å². The average Bonchev–Trinajstić information content (AvgIpc) is 2.82. The fraction of sp³-hybridized carbons (Fsp3) is 0.385. The molecule has 32 heavy (non-hydrogen) atoms. The van der Waals surface area contributed by atoms with Crippen molar-refractivity contribution in [3.8, 4) is 11.5 Å². The molecule has 0 unspecified atom stereocenters. The lowest BCUT2D eigenvalue weighted by Gasteiger charge is -2.35. The number of aromatic nitrogens is 1. The number of carbonyl (C=O) groups is 1. The van der Waals surface area contributed by atoms with Gasteiger partial charge in [0.25, 0.3) is 0 Å². The minimum Gasteiger partial charge on any atom is -0.494 e. The number of nitrogens with zero attached hydrogens (tertiary/aromatic N) is 3. The SMILES string of the molecule is COc1cccc2c(C)cc(N3CCN(C(=O)CCCOc4ccc(C)cc4)CC3)nc12. The Balaban J connectivity index is 1.29. The van der Waals surface area contributed by atoms with Gasteiger partial charge < -0.3 is 19.3 Å². The van der Waals surface area contributed by atoms with Crippen molar-refractivity contribution in [1.29, 1.82) is 0 Å². The molecule has 1 aliphatic heterocycles. The second-order valence-corrected chi connectivity index (χ2v) is 8.29. The summed E-state index contributed by atoms with van der Waals surface area (Å²) in [4.78, 5) is 21.7. The van der Waals surface area contributed by atoms with E-state index in [4.69, 9.17) is 14.5 Å². The number of ether oxygens (including phenoxy) is 2. The molecule has 0 spiro atoms. The zero-order valence-electron chi connectivity index (χ0n) is 19.1. The Bertz CT molecular complexity index is 1070. The van der Waals surface area contributed by atoms with Crippen LogP contribution >= 0.6 is 0 Å². The average molecular weight is 434 g/mol. The molecule has 0 N–H and O–H groups in total. The summed E-state index contributed by atoms with van der Waals surface area (Å²) in [6.07, 6.45) is 1.23. The predicted octanol–water partition coefficient (Wildman–Crippen LogP) is 4.37. The van der Waals surface area contributed by atoms with Gasteiger partial charge in [-0.05, 0) is 50.1 Å². The molecule has 168 valence electrons. The Morgan fingerprint density at radius 3 is 2.50 bits per heavy atom. The van der Waals surface area contributed by atoms with E-state index in [0.29, 0.717) is 26.1 Å². The van der Waals surface area contributed by atoms with Gasteiger partial charge in [0.2, 0.25) is 5.91 Å². The highest BCUT2D eigenvalue weighted by Gasteiger charge is 2.22. The van der Waals surface area contributed by atoms with E-state index in [1.54, 1.807) is 7.11 Å². The van der Waals surface area contributed by atoms with Gasteiger partial charge in [0.1, 0.15) is 22.8 Å². The Morgan fingerprint density at radius 1 is 1.03 bits per heavy atom. The predicted molar refractivity (Wildman–Crippen MR) is 128 cm³/mol. The van der Waals surface area contributed by atoms with E-state index in [1.165, 1.54) is 11.1 Å². The molecular weight excluding hydrogens is 402 g/mol. The van der Waals surface area contributed by atoms with E-state index >= 15 is 0 Å². The number of fused-ring (bicyclic) bond motifs is 1. The van der Waals surface area contributed by atoms with Crippen LogP contribution in [0.5, 0.6) is 11.5 Å². The minimum atomic E-state index is 0.196. The Labute approximate surface area is 189 Å². The standard InChI is InChI=1S/C26H31N3O3/c1-19-9-11-21(12-10-19)32-17-5-8-25(30)29-15-13-28(14-16-29)24-18-20(2)22-6-4-7-23(31-3)26(22)27-24/h4,6-7,9-12,18H,5,8,13-17H2,1-3H3. The maximum Gasteiger partial charge on any atom is 0.222 e. The van der Waals surface area contributed by atoms with E-state index < -0.39 is 0 Å². The second-order valence-electron chi connectivity index (χ2n) is 8.29. The van der Waals surface area contributed by atoms with E-state index in [-0.39, 0.29) is 5.91 Å². The summed E-state index contributed by atoms with van der Waals surface area (Å²) in [5, 5.41) is 1.11. The zero-order valence-corrected chi connectivity index (χ0v) is 19.1. The summed E-state index contributed by atoms with van der Waals surface area (Å²) in [6.45, 7) is 7.68. The molecule has 2 aromatic carbocycles. The number of piperazine rings is 1. The smallest absolute Gasteiger partial charge is 0.222 e. The monoisotopic (exact) mass is 433 g/mol. The summed E-state index contributed by atoms with van der Waals surface area (Å²) < 4.78 is 11.3. The maximum absolute atomic E-state index is 12.6. The first-order chi connectivity index (χ1) is 15.5. The topological polar surface area (TPSA) is 54.9 Å². The number of rotatable bonds is 7. The number of hydrogen-bond donors (Lipinski definition) is 0. The maximum atomic E-state index is 12.6. The number of aryl methyl sites for hydroxylation is 2. The number of methoxy groups -OCH3 is 1. The van der Waals surface area contributed by atoms with Crippen molar-refractivity contribution in [1.82, 2.24) is 9.88 Å². The van der Waals surface area contributed by atoms with Crippen LogP contribution in [-0.2, 0) is 4.79 Å². The summed E-state index contributed by atoms with van der Waals surface area (Å²) in [5.41, 5.74) is 3.27. The van der Waals surface area contributed by atoms with Crippen molar-refractivity contribution in [2.75, 3.05) is 44.8 Å². The quantitative estimate of drug-likeness (QED) is 0.518. The highest BCUT2D eigenvalue weighted by molar-refractivity contribution is 5.89. The molecule has 0 radical (unpaired) electrons. The van der Waals surface area contributed by atoms with Crippen LogP contribution in [0.3, 0.4) is 0 Å². The van der Waals surface area contributed by atoms with Crippen LogP contribution in [0.1, 0.15) is 24.0 Å². The molecular formula is C26H31N3O3. The number of pyridine rings is 1. The summed E-state index contributed by atoms with van der Waals surface area (Å²) in [5.74, 6) is 2.78. The summed E-state index contributed by atoms with van der Waals surface area (Å²) in [6, 6.07) is 16.1. The summed E-state index contributed by atoms with van der Waals surface area (Å²) >= 11 is 0. The van der Waals surface area contributed by atoms with E-state index in [1.807, 2.05) is 41.3 Å². The number of amides is 1. The Morgan fingerprint density at radius 2 is 1.78 bits per heavy atom. The molecule has 1 aromatic heterocycles. The van der Waals surface area contributed by atoms with Crippen LogP contribution in [0.25, 0.3) is 10.9 Å². The van der Waals surface area contributed by atoms with E-state index in [2.05, 4.69) is 30.9 Å². The van der Waals surface area contributed by atoms with Crippen molar-refractivity contribution in [3.63, 3.8) is 0 Å². The minimum absolute atomic E-state index is 0.196. The van der Waals surface area contributed by atoms with Gasteiger partial charge in [-0.25, -0.2) is 4.98 Å². The molecule has 6 nitrogen and oxygen atoms in total. The molecule has 0 aliphatic carbocycles. The van der Waals surface area contributed by atoms with E-state index in [9.17, 15) is 4.79 Å². The zero-order chi connectivity index (χ0) is 22.5. The highest BCUT2D eigenvalue weighted by Crippen LogP contribution is 2.29. The molecule has 4 rings (SSSR count). The van der Waals surface area contributed by atoms with Gasteiger partial charge in [0.05, 0.1) is 13.7 Å². The number of carbonyl (C=O) groups excluding carboxylic acids is 1. The first-order valence-corrected chi connectivity index (χ1v) is 11.2. The largest absolute Gasteiger partial charge is 0.494 e. The van der Waals surface area contributed by atoms with Gasteiger partial charge >= 0.3 is 0 Å². The molecule has 1 saturated heterocycles. The van der Waals surface area contributed by atoms with Gasteiger partial charge in [-0.2, -0.15) is 0 Å². The molecule has 3 aromatic rings. The lowest BCUT2D eigenvalue weighted by molar-refractivity contribution is -0.131. The molecule has 0 bridgehead atoms. The number of anilines is 1. The first-order valence-electron chi connectivity index (χ1n) is 11.2. The lowest BCUT2D eigenvalue weighted by atomic mass is 10.1.